The lowest BCUT2D eigenvalue weighted by molar-refractivity contribution is 0.354. The molecule has 4 rings (SSSR count). The van der Waals surface area contributed by atoms with Crippen molar-refractivity contribution in [3.8, 4) is 21.9 Å². The Morgan fingerprint density at radius 1 is 1.11 bits per heavy atom. The number of hydrogen-bond donors (Lipinski definition) is 0. The highest BCUT2D eigenvalue weighted by Gasteiger charge is 2.16. The Labute approximate surface area is 170 Å². The lowest BCUT2D eigenvalue weighted by Gasteiger charge is -2.13. The zero-order valence-electron chi connectivity index (χ0n) is 16.1. The summed E-state index contributed by atoms with van der Waals surface area (Å²) < 4.78 is 12.4. The Kier molecular flexibility index (Phi) is 4.95. The van der Waals surface area contributed by atoms with E-state index in [-0.39, 0.29) is 5.56 Å². The van der Waals surface area contributed by atoms with E-state index in [1.165, 1.54) is 16.2 Å². The van der Waals surface area contributed by atoms with Gasteiger partial charge in [-0.1, -0.05) is 0 Å². The standard InChI is InChI=1S/C21H20N2O3S2/c1-12-7-16(25-3)17(26-4)8-14(12)9-23-11-22-20-19(21(23)24)15(10-27-20)18-6-5-13(2)28-18/h5-8,10-11H,9H2,1-4H3. The SMILES string of the molecule is COc1cc(C)c(Cn2cnc3scc(-c4ccc(C)s4)c3c2=O)cc1OC. The van der Waals surface area contributed by atoms with Crippen LogP contribution in [0.5, 0.6) is 11.5 Å². The first-order valence-electron chi connectivity index (χ1n) is 8.76. The Morgan fingerprint density at radius 2 is 1.86 bits per heavy atom. The first kappa shape index (κ1) is 18.7. The molecule has 0 fully saturated rings. The van der Waals surface area contributed by atoms with Gasteiger partial charge in [0.1, 0.15) is 4.83 Å². The molecule has 144 valence electrons. The van der Waals surface area contributed by atoms with E-state index in [9.17, 15) is 4.79 Å². The average molecular weight is 413 g/mol. The Hall–Kier alpha value is -2.64. The first-order valence-corrected chi connectivity index (χ1v) is 10.5. The number of rotatable bonds is 5. The van der Waals surface area contributed by atoms with Crippen LogP contribution >= 0.6 is 22.7 Å². The lowest BCUT2D eigenvalue weighted by atomic mass is 10.1. The third kappa shape index (κ3) is 3.21. The van der Waals surface area contributed by atoms with Crippen molar-refractivity contribution in [2.75, 3.05) is 14.2 Å². The number of benzene rings is 1. The number of aryl methyl sites for hydroxylation is 2. The van der Waals surface area contributed by atoms with Crippen molar-refractivity contribution in [3.63, 3.8) is 0 Å². The van der Waals surface area contributed by atoms with Crippen molar-refractivity contribution in [2.24, 2.45) is 0 Å². The fourth-order valence-electron chi connectivity index (χ4n) is 3.22. The molecular weight excluding hydrogens is 392 g/mol. The molecule has 5 nitrogen and oxygen atoms in total. The quantitative estimate of drug-likeness (QED) is 0.469. The van der Waals surface area contributed by atoms with Crippen LogP contribution < -0.4 is 15.0 Å². The maximum Gasteiger partial charge on any atom is 0.263 e. The van der Waals surface area contributed by atoms with Gasteiger partial charge in [-0.15, -0.1) is 22.7 Å². The van der Waals surface area contributed by atoms with Crippen LogP contribution in [0.1, 0.15) is 16.0 Å². The summed E-state index contributed by atoms with van der Waals surface area (Å²) in [4.78, 5) is 20.9. The third-order valence-corrected chi connectivity index (χ3v) is 6.67. The molecule has 0 aliphatic carbocycles. The molecule has 0 radical (unpaired) electrons. The Morgan fingerprint density at radius 3 is 2.54 bits per heavy atom. The maximum atomic E-state index is 13.3. The summed E-state index contributed by atoms with van der Waals surface area (Å²) in [6.07, 6.45) is 1.63. The second kappa shape index (κ2) is 7.41. The molecule has 0 bridgehead atoms. The molecule has 0 saturated carbocycles. The average Bonchev–Trinajstić information content (AvgIpc) is 3.31. The number of fused-ring (bicyclic) bond motifs is 1. The van der Waals surface area contributed by atoms with Gasteiger partial charge in [-0.05, 0) is 49.2 Å². The smallest absolute Gasteiger partial charge is 0.263 e. The first-order chi connectivity index (χ1) is 13.5. The molecule has 1 aromatic carbocycles. The van der Waals surface area contributed by atoms with E-state index >= 15 is 0 Å². The molecule has 3 heterocycles. The highest BCUT2D eigenvalue weighted by molar-refractivity contribution is 7.19. The molecule has 0 aliphatic heterocycles. The van der Waals surface area contributed by atoms with E-state index in [4.69, 9.17) is 9.47 Å². The summed E-state index contributed by atoms with van der Waals surface area (Å²) in [6.45, 7) is 4.49. The molecule has 0 aliphatic rings. The lowest BCUT2D eigenvalue weighted by Crippen LogP contribution is -2.21. The van der Waals surface area contributed by atoms with Crippen molar-refractivity contribution in [2.45, 2.75) is 20.4 Å². The summed E-state index contributed by atoms with van der Waals surface area (Å²) in [6, 6.07) is 7.99. The van der Waals surface area contributed by atoms with Gasteiger partial charge in [-0.3, -0.25) is 9.36 Å². The normalized spacial score (nSPS) is 11.1. The number of nitrogens with zero attached hydrogens (tertiary/aromatic N) is 2. The molecule has 7 heteroatoms. The maximum absolute atomic E-state index is 13.3. The fraction of sp³-hybridized carbons (Fsp3) is 0.238. The highest BCUT2D eigenvalue weighted by Crippen LogP contribution is 2.35. The summed E-state index contributed by atoms with van der Waals surface area (Å²) >= 11 is 3.20. The number of hydrogen-bond acceptors (Lipinski definition) is 6. The molecule has 4 aromatic rings. The van der Waals surface area contributed by atoms with Crippen molar-refractivity contribution in [1.29, 1.82) is 0 Å². The molecular formula is C21H20N2O3S2. The van der Waals surface area contributed by atoms with E-state index in [2.05, 4.69) is 24.0 Å². The summed E-state index contributed by atoms with van der Waals surface area (Å²) in [5.74, 6) is 1.33. The van der Waals surface area contributed by atoms with E-state index < -0.39 is 0 Å². The van der Waals surface area contributed by atoms with Gasteiger partial charge < -0.3 is 9.47 Å². The van der Waals surface area contributed by atoms with E-state index in [0.717, 1.165) is 26.4 Å². The largest absolute Gasteiger partial charge is 0.493 e. The van der Waals surface area contributed by atoms with Crippen molar-refractivity contribution in [3.05, 3.63) is 62.3 Å². The van der Waals surface area contributed by atoms with Gasteiger partial charge in [0.05, 0.1) is 32.5 Å². The van der Waals surface area contributed by atoms with Crippen LogP contribution in [-0.4, -0.2) is 23.8 Å². The second-order valence-electron chi connectivity index (χ2n) is 6.55. The third-order valence-electron chi connectivity index (χ3n) is 4.75. The minimum Gasteiger partial charge on any atom is -0.493 e. The van der Waals surface area contributed by atoms with Gasteiger partial charge >= 0.3 is 0 Å². The Bertz CT molecular complexity index is 1220. The van der Waals surface area contributed by atoms with Crippen LogP contribution in [0.3, 0.4) is 0 Å². The number of thiophene rings is 2. The van der Waals surface area contributed by atoms with E-state index in [1.54, 1.807) is 36.5 Å². The monoisotopic (exact) mass is 412 g/mol. The summed E-state index contributed by atoms with van der Waals surface area (Å²) in [5.41, 5.74) is 2.96. The predicted octanol–water partition coefficient (Wildman–Crippen LogP) is 4.87. The van der Waals surface area contributed by atoms with Gasteiger partial charge in [-0.2, -0.15) is 0 Å². The van der Waals surface area contributed by atoms with Crippen LogP contribution in [0.15, 0.2) is 40.8 Å². The van der Waals surface area contributed by atoms with Crippen LogP contribution in [0.4, 0.5) is 0 Å². The zero-order chi connectivity index (χ0) is 19.8. The predicted molar refractivity (Wildman–Crippen MR) is 115 cm³/mol. The minimum absolute atomic E-state index is 0.0264. The van der Waals surface area contributed by atoms with Crippen molar-refractivity contribution < 1.29 is 9.47 Å². The zero-order valence-corrected chi connectivity index (χ0v) is 17.7. The van der Waals surface area contributed by atoms with E-state index in [1.807, 2.05) is 24.4 Å². The second-order valence-corrected chi connectivity index (χ2v) is 8.70. The fourth-order valence-corrected chi connectivity index (χ4v) is 5.08. The number of methoxy groups -OCH3 is 2. The summed E-state index contributed by atoms with van der Waals surface area (Å²) in [7, 11) is 3.22. The van der Waals surface area contributed by atoms with Crippen molar-refractivity contribution >= 4 is 32.9 Å². The Balaban J connectivity index is 1.80. The molecule has 0 N–H and O–H groups in total. The molecule has 3 aromatic heterocycles. The van der Waals surface area contributed by atoms with Gasteiger partial charge in [0.15, 0.2) is 11.5 Å². The number of ether oxygens (including phenoxy) is 2. The van der Waals surface area contributed by atoms with Crippen LogP contribution in [0.25, 0.3) is 20.7 Å². The molecule has 0 atom stereocenters. The molecule has 0 amide bonds. The van der Waals surface area contributed by atoms with Gasteiger partial charge in [0.25, 0.3) is 5.56 Å². The summed E-state index contributed by atoms with van der Waals surface area (Å²) in [5, 5.41) is 2.71. The van der Waals surface area contributed by atoms with Gasteiger partial charge in [-0.25, -0.2) is 4.98 Å². The van der Waals surface area contributed by atoms with Crippen molar-refractivity contribution in [1.82, 2.24) is 9.55 Å². The van der Waals surface area contributed by atoms with Crippen LogP contribution in [0, 0.1) is 13.8 Å². The molecule has 0 saturated heterocycles. The topological polar surface area (TPSA) is 53.4 Å². The molecule has 0 unspecified atom stereocenters. The van der Waals surface area contributed by atoms with Gasteiger partial charge in [0.2, 0.25) is 0 Å². The highest BCUT2D eigenvalue weighted by atomic mass is 32.1. The minimum atomic E-state index is -0.0264. The van der Waals surface area contributed by atoms with Crippen LogP contribution in [-0.2, 0) is 6.54 Å². The molecule has 0 spiro atoms. The number of aromatic nitrogens is 2. The van der Waals surface area contributed by atoms with Crippen LogP contribution in [0.2, 0.25) is 0 Å². The van der Waals surface area contributed by atoms with Gasteiger partial charge in [0, 0.05) is 20.7 Å². The van der Waals surface area contributed by atoms with E-state index in [0.29, 0.717) is 23.4 Å². The molecule has 28 heavy (non-hydrogen) atoms.